The molecule has 1 aliphatic heterocycles. The van der Waals surface area contributed by atoms with Crippen molar-refractivity contribution in [3.8, 4) is 16.2 Å². The number of ether oxygens (including phenoxy) is 2. The Kier molecular flexibility index (Phi) is 9.50. The van der Waals surface area contributed by atoms with Crippen LogP contribution in [-0.2, 0) is 9.53 Å². The SMILES string of the molecule is COc1ccc([C@H]2CC[C@H](CN(c3cccc(-c4cnc(C5CC5)s4)c3)C(=O)[C@H]3CC[C@H](OC(=O)N4CC(O)C4)CC3)CC2)nc1C. The van der Waals surface area contributed by atoms with Crippen molar-refractivity contribution in [3.63, 3.8) is 0 Å². The minimum Gasteiger partial charge on any atom is -0.495 e. The number of aromatic nitrogens is 2. The van der Waals surface area contributed by atoms with Crippen LogP contribution in [-0.4, -0.2) is 70.9 Å². The molecule has 4 aliphatic rings. The number of likely N-dealkylation sites (tertiary alicyclic amines) is 1. The molecule has 3 saturated carbocycles. The molecule has 3 aromatic rings. The predicted molar refractivity (Wildman–Crippen MR) is 182 cm³/mol. The van der Waals surface area contributed by atoms with Crippen molar-refractivity contribution in [1.29, 1.82) is 0 Å². The van der Waals surface area contributed by atoms with E-state index in [0.29, 0.717) is 63.1 Å². The molecule has 47 heavy (non-hydrogen) atoms. The van der Waals surface area contributed by atoms with E-state index in [0.717, 1.165) is 58.9 Å². The van der Waals surface area contributed by atoms with Crippen molar-refractivity contribution in [3.05, 3.63) is 59.0 Å². The number of anilines is 1. The molecule has 1 saturated heterocycles. The lowest BCUT2D eigenvalue weighted by molar-refractivity contribution is -0.124. The Bertz CT molecular complexity index is 1570. The number of carbonyl (C=O) groups is 2. The number of thiazole rings is 1. The van der Waals surface area contributed by atoms with Crippen LogP contribution in [0, 0.1) is 18.8 Å². The highest BCUT2D eigenvalue weighted by molar-refractivity contribution is 7.15. The van der Waals surface area contributed by atoms with Crippen LogP contribution in [0.15, 0.2) is 42.6 Å². The van der Waals surface area contributed by atoms with E-state index in [1.54, 1.807) is 18.4 Å². The minimum atomic E-state index is -0.449. The Hall–Kier alpha value is -3.50. The van der Waals surface area contributed by atoms with Crippen LogP contribution in [0.1, 0.15) is 92.4 Å². The molecule has 4 fully saturated rings. The highest BCUT2D eigenvalue weighted by atomic mass is 32.1. The highest BCUT2D eigenvalue weighted by Gasteiger charge is 2.36. The average molecular weight is 659 g/mol. The summed E-state index contributed by atoms with van der Waals surface area (Å²) in [5.74, 6) is 2.35. The molecule has 0 unspecified atom stereocenters. The molecular formula is C37H46N4O5S. The summed E-state index contributed by atoms with van der Waals surface area (Å²) < 4.78 is 11.1. The zero-order valence-corrected chi connectivity index (χ0v) is 28.3. The van der Waals surface area contributed by atoms with Crippen molar-refractivity contribution in [2.45, 2.75) is 95.2 Å². The number of aliphatic hydroxyl groups excluding tert-OH is 1. The van der Waals surface area contributed by atoms with Crippen molar-refractivity contribution in [2.24, 2.45) is 11.8 Å². The number of β-amino-alcohol motifs (C(OH)–C–C–N with tert-alkyl or cyclic N) is 1. The molecule has 3 aliphatic carbocycles. The third-order valence-electron chi connectivity index (χ3n) is 10.6. The number of aliphatic hydroxyl groups is 1. The predicted octanol–water partition coefficient (Wildman–Crippen LogP) is 7.08. The summed E-state index contributed by atoms with van der Waals surface area (Å²) in [6.07, 6.45) is 10.4. The van der Waals surface area contributed by atoms with E-state index >= 15 is 0 Å². The van der Waals surface area contributed by atoms with Gasteiger partial charge in [-0.25, -0.2) is 9.78 Å². The van der Waals surface area contributed by atoms with Crippen LogP contribution < -0.4 is 9.64 Å². The van der Waals surface area contributed by atoms with Gasteiger partial charge in [0.05, 0.1) is 41.9 Å². The molecule has 3 heterocycles. The Morgan fingerprint density at radius 1 is 0.979 bits per heavy atom. The Labute approximate surface area is 281 Å². The molecule has 7 rings (SSSR count). The second-order valence-electron chi connectivity index (χ2n) is 14.0. The first-order valence-corrected chi connectivity index (χ1v) is 18.2. The molecule has 9 nitrogen and oxygen atoms in total. The van der Waals surface area contributed by atoms with Gasteiger partial charge < -0.3 is 24.4 Å². The molecule has 10 heteroatoms. The van der Waals surface area contributed by atoms with Gasteiger partial charge in [0.25, 0.3) is 0 Å². The van der Waals surface area contributed by atoms with Gasteiger partial charge in [0, 0.05) is 41.9 Å². The lowest BCUT2D eigenvalue weighted by atomic mass is 9.79. The van der Waals surface area contributed by atoms with Crippen molar-refractivity contribution >= 4 is 29.0 Å². The highest BCUT2D eigenvalue weighted by Crippen LogP contribution is 2.44. The number of nitrogens with zero attached hydrogens (tertiary/aromatic N) is 4. The lowest BCUT2D eigenvalue weighted by Crippen LogP contribution is -2.54. The molecule has 0 spiro atoms. The smallest absolute Gasteiger partial charge is 0.410 e. The van der Waals surface area contributed by atoms with Crippen LogP contribution in [0.5, 0.6) is 5.75 Å². The van der Waals surface area contributed by atoms with Gasteiger partial charge in [-0.1, -0.05) is 12.1 Å². The van der Waals surface area contributed by atoms with Gasteiger partial charge in [-0.05, 0) is 107 Å². The number of rotatable bonds is 9. The van der Waals surface area contributed by atoms with Crippen LogP contribution >= 0.6 is 11.3 Å². The summed E-state index contributed by atoms with van der Waals surface area (Å²) in [6, 6.07) is 12.6. The molecule has 2 amide bonds. The lowest BCUT2D eigenvalue weighted by Gasteiger charge is -2.38. The number of amides is 2. The van der Waals surface area contributed by atoms with Gasteiger partial charge in [0.15, 0.2) is 0 Å². The fraction of sp³-hybridized carbons (Fsp3) is 0.568. The van der Waals surface area contributed by atoms with E-state index in [9.17, 15) is 14.7 Å². The van der Waals surface area contributed by atoms with Crippen LogP contribution in [0.2, 0.25) is 0 Å². The second-order valence-corrected chi connectivity index (χ2v) is 15.1. The molecular weight excluding hydrogens is 612 g/mol. The van der Waals surface area contributed by atoms with E-state index in [4.69, 9.17) is 19.4 Å². The number of methoxy groups -OCH3 is 1. The molecule has 0 bridgehead atoms. The van der Waals surface area contributed by atoms with Crippen LogP contribution in [0.3, 0.4) is 0 Å². The second kappa shape index (κ2) is 13.9. The van der Waals surface area contributed by atoms with Gasteiger partial charge in [-0.2, -0.15) is 0 Å². The summed E-state index contributed by atoms with van der Waals surface area (Å²) in [5, 5.41) is 10.8. The average Bonchev–Trinajstić information content (AvgIpc) is 3.81. The Morgan fingerprint density at radius 3 is 2.40 bits per heavy atom. The summed E-state index contributed by atoms with van der Waals surface area (Å²) in [5.41, 5.74) is 4.13. The first-order chi connectivity index (χ1) is 22.8. The number of aryl methyl sites for hydroxylation is 1. The van der Waals surface area contributed by atoms with Gasteiger partial charge in [-0.15, -0.1) is 11.3 Å². The fourth-order valence-corrected chi connectivity index (χ4v) is 8.55. The zero-order valence-electron chi connectivity index (χ0n) is 27.5. The monoisotopic (exact) mass is 658 g/mol. The third kappa shape index (κ3) is 7.33. The summed E-state index contributed by atoms with van der Waals surface area (Å²) in [4.78, 5) is 41.1. The van der Waals surface area contributed by atoms with Gasteiger partial charge in [0.1, 0.15) is 11.9 Å². The molecule has 2 aromatic heterocycles. The minimum absolute atomic E-state index is 0.105. The van der Waals surface area contributed by atoms with Gasteiger partial charge >= 0.3 is 6.09 Å². The first kappa shape index (κ1) is 32.1. The molecule has 250 valence electrons. The zero-order chi connectivity index (χ0) is 32.5. The fourth-order valence-electron chi connectivity index (χ4n) is 7.47. The summed E-state index contributed by atoms with van der Waals surface area (Å²) in [6.45, 7) is 3.37. The van der Waals surface area contributed by atoms with E-state index in [-0.39, 0.29) is 24.0 Å². The normalized spacial score (nSPS) is 24.8. The van der Waals surface area contributed by atoms with Crippen molar-refractivity contribution < 1.29 is 24.2 Å². The number of carbonyl (C=O) groups excluding carboxylic acids is 2. The maximum atomic E-state index is 14.4. The van der Waals surface area contributed by atoms with E-state index in [2.05, 4.69) is 35.2 Å². The topological polar surface area (TPSA) is 105 Å². The van der Waals surface area contributed by atoms with Gasteiger partial charge in [-0.3, -0.25) is 9.78 Å². The Balaban J connectivity index is 1.04. The van der Waals surface area contributed by atoms with E-state index < -0.39 is 6.10 Å². The Morgan fingerprint density at radius 2 is 1.72 bits per heavy atom. The quantitative estimate of drug-likeness (QED) is 0.262. The largest absolute Gasteiger partial charge is 0.495 e. The number of hydrogen-bond donors (Lipinski definition) is 1. The third-order valence-corrected chi connectivity index (χ3v) is 11.8. The maximum absolute atomic E-state index is 14.4. The van der Waals surface area contributed by atoms with Crippen molar-refractivity contribution in [1.82, 2.24) is 14.9 Å². The van der Waals surface area contributed by atoms with Crippen LogP contribution in [0.4, 0.5) is 10.5 Å². The first-order valence-electron chi connectivity index (χ1n) is 17.4. The summed E-state index contributed by atoms with van der Waals surface area (Å²) in [7, 11) is 1.68. The van der Waals surface area contributed by atoms with E-state index in [1.165, 1.54) is 22.7 Å². The summed E-state index contributed by atoms with van der Waals surface area (Å²) >= 11 is 1.78. The standard InChI is InChI=1S/C37H46N4O5S/c1-23-33(45-2)17-16-32(39-23)25-8-6-24(7-9-25)20-41(29-5-3-4-28(18-29)34-19-38-35(47-34)26-10-11-26)36(43)27-12-14-31(15-13-27)46-37(44)40-21-30(42)22-40/h3-5,16-19,24-27,30-31,42H,6-15,20-22H2,1-2H3/t24-,25-,27-,31-. The van der Waals surface area contributed by atoms with Crippen LogP contribution in [0.25, 0.3) is 10.4 Å². The molecule has 1 N–H and O–H groups in total. The molecule has 0 atom stereocenters. The molecule has 1 aromatic carbocycles. The number of pyridine rings is 1. The maximum Gasteiger partial charge on any atom is 0.410 e. The molecule has 0 radical (unpaired) electrons. The van der Waals surface area contributed by atoms with E-state index in [1.807, 2.05) is 19.2 Å². The number of hydrogen-bond acceptors (Lipinski definition) is 8. The van der Waals surface area contributed by atoms with Crippen molar-refractivity contribution in [2.75, 3.05) is 31.6 Å². The van der Waals surface area contributed by atoms with Gasteiger partial charge in [0.2, 0.25) is 5.91 Å². The number of benzene rings is 1.